The molecular weight excluding hydrogens is 359 g/mol. The third kappa shape index (κ3) is 4.22. The molecule has 1 aliphatic heterocycles. The number of likely N-dealkylation sites (tertiary alicyclic amines) is 1. The van der Waals surface area contributed by atoms with E-state index in [0.717, 1.165) is 32.0 Å². The Hall–Kier alpha value is -2.19. The molecule has 5 nitrogen and oxygen atoms in total. The standard InChI is InChI=1S/C19H22F3N3O2/c1-11-8-15(18(27)12-4-3-7-25(2)10-12)23-24-17(11)14-6-5-13(9-16(14)26)19(20,21)22/h5-6,8-9,12,18,26-27H,3-4,7,10H2,1-2H3. The molecule has 1 fully saturated rings. The van der Waals surface area contributed by atoms with Crippen LogP contribution in [0.25, 0.3) is 11.3 Å². The van der Waals surface area contributed by atoms with Gasteiger partial charge in [0.1, 0.15) is 11.9 Å². The van der Waals surface area contributed by atoms with Gasteiger partial charge in [0, 0.05) is 18.0 Å². The van der Waals surface area contributed by atoms with Gasteiger partial charge in [0.05, 0.1) is 17.0 Å². The smallest absolute Gasteiger partial charge is 0.416 e. The van der Waals surface area contributed by atoms with Crippen LogP contribution in [0.2, 0.25) is 0 Å². The number of aliphatic hydroxyl groups excluding tert-OH is 1. The summed E-state index contributed by atoms with van der Waals surface area (Å²) in [5, 5.41) is 28.8. The van der Waals surface area contributed by atoms with Crippen molar-refractivity contribution in [2.75, 3.05) is 20.1 Å². The van der Waals surface area contributed by atoms with E-state index in [1.807, 2.05) is 7.05 Å². The molecular formula is C19H22F3N3O2. The van der Waals surface area contributed by atoms with Crippen LogP contribution in [0, 0.1) is 12.8 Å². The molecule has 1 aliphatic rings. The number of hydrogen-bond acceptors (Lipinski definition) is 5. The molecule has 0 amide bonds. The average Bonchev–Trinajstić information content (AvgIpc) is 2.60. The zero-order valence-electron chi connectivity index (χ0n) is 15.2. The fourth-order valence-electron chi connectivity index (χ4n) is 3.53. The maximum absolute atomic E-state index is 12.8. The van der Waals surface area contributed by atoms with Crippen molar-refractivity contribution in [2.24, 2.45) is 5.92 Å². The Balaban J connectivity index is 1.87. The van der Waals surface area contributed by atoms with E-state index in [9.17, 15) is 23.4 Å². The summed E-state index contributed by atoms with van der Waals surface area (Å²) in [6.07, 6.45) is -3.39. The molecule has 27 heavy (non-hydrogen) atoms. The van der Waals surface area contributed by atoms with Crippen molar-refractivity contribution >= 4 is 0 Å². The maximum atomic E-state index is 12.8. The summed E-state index contributed by atoms with van der Waals surface area (Å²) in [6.45, 7) is 3.49. The molecule has 0 aliphatic carbocycles. The minimum atomic E-state index is -4.53. The first-order valence-electron chi connectivity index (χ1n) is 8.78. The number of aliphatic hydroxyl groups is 1. The van der Waals surface area contributed by atoms with Crippen LogP contribution in [-0.4, -0.2) is 45.4 Å². The van der Waals surface area contributed by atoms with Crippen LogP contribution < -0.4 is 0 Å². The Morgan fingerprint density at radius 1 is 1.22 bits per heavy atom. The number of rotatable bonds is 3. The predicted octanol–water partition coefficient (Wildman–Crippen LogP) is 3.55. The summed E-state index contributed by atoms with van der Waals surface area (Å²) in [5.74, 6) is -0.452. The molecule has 0 spiro atoms. The highest BCUT2D eigenvalue weighted by molar-refractivity contribution is 5.69. The fraction of sp³-hybridized carbons (Fsp3) is 0.474. The van der Waals surface area contributed by atoms with Gasteiger partial charge in [0.25, 0.3) is 0 Å². The first-order chi connectivity index (χ1) is 12.7. The van der Waals surface area contributed by atoms with Gasteiger partial charge in [-0.2, -0.15) is 18.3 Å². The molecule has 3 rings (SSSR count). The number of aromatic nitrogens is 2. The van der Waals surface area contributed by atoms with Crippen molar-refractivity contribution in [2.45, 2.75) is 32.0 Å². The molecule has 1 saturated heterocycles. The van der Waals surface area contributed by atoms with Gasteiger partial charge in [0.2, 0.25) is 0 Å². The first kappa shape index (κ1) is 19.6. The minimum absolute atomic E-state index is 0.0581. The molecule has 2 N–H and O–H groups in total. The minimum Gasteiger partial charge on any atom is -0.507 e. The number of aromatic hydroxyl groups is 1. The molecule has 1 aromatic heterocycles. The van der Waals surface area contributed by atoms with Crippen LogP contribution in [0.5, 0.6) is 5.75 Å². The number of hydrogen-bond donors (Lipinski definition) is 2. The highest BCUT2D eigenvalue weighted by atomic mass is 19.4. The number of piperidine rings is 1. The third-order valence-electron chi connectivity index (χ3n) is 4.99. The van der Waals surface area contributed by atoms with Crippen LogP contribution in [0.1, 0.15) is 35.8 Å². The lowest BCUT2D eigenvalue weighted by Gasteiger charge is -2.32. The molecule has 146 valence electrons. The zero-order valence-corrected chi connectivity index (χ0v) is 15.2. The number of halogens is 3. The number of aryl methyl sites for hydroxylation is 1. The van der Waals surface area contributed by atoms with Gasteiger partial charge >= 0.3 is 6.18 Å². The normalized spacial score (nSPS) is 19.9. The summed E-state index contributed by atoms with van der Waals surface area (Å²) < 4.78 is 38.3. The first-order valence-corrected chi connectivity index (χ1v) is 8.78. The molecule has 2 aromatic rings. The Kier molecular flexibility index (Phi) is 5.39. The molecule has 2 unspecified atom stereocenters. The lowest BCUT2D eigenvalue weighted by atomic mass is 9.90. The molecule has 0 bridgehead atoms. The average molecular weight is 381 g/mol. The Morgan fingerprint density at radius 3 is 2.56 bits per heavy atom. The van der Waals surface area contributed by atoms with Gasteiger partial charge in [-0.25, -0.2) is 0 Å². The van der Waals surface area contributed by atoms with E-state index in [4.69, 9.17) is 0 Å². The van der Waals surface area contributed by atoms with Crippen molar-refractivity contribution in [1.82, 2.24) is 15.1 Å². The number of nitrogens with zero attached hydrogens (tertiary/aromatic N) is 3. The van der Waals surface area contributed by atoms with Crippen LogP contribution in [0.4, 0.5) is 13.2 Å². The van der Waals surface area contributed by atoms with Crippen molar-refractivity contribution in [3.05, 3.63) is 41.1 Å². The van der Waals surface area contributed by atoms with Crippen molar-refractivity contribution in [3.8, 4) is 17.0 Å². The Labute approximate surface area is 155 Å². The van der Waals surface area contributed by atoms with E-state index in [-0.39, 0.29) is 17.2 Å². The van der Waals surface area contributed by atoms with Crippen LogP contribution >= 0.6 is 0 Å². The third-order valence-corrected chi connectivity index (χ3v) is 4.99. The summed E-state index contributed by atoms with van der Waals surface area (Å²) in [5.41, 5.74) is 0.591. The van der Waals surface area contributed by atoms with Gasteiger partial charge in [-0.1, -0.05) is 0 Å². The van der Waals surface area contributed by atoms with E-state index in [1.54, 1.807) is 13.0 Å². The van der Waals surface area contributed by atoms with Crippen molar-refractivity contribution in [1.29, 1.82) is 0 Å². The van der Waals surface area contributed by atoms with Crippen LogP contribution in [0.3, 0.4) is 0 Å². The Morgan fingerprint density at radius 2 is 1.96 bits per heavy atom. The molecule has 0 radical (unpaired) electrons. The summed E-state index contributed by atoms with van der Waals surface area (Å²) in [7, 11) is 2.01. The molecule has 2 heterocycles. The second-order valence-corrected chi connectivity index (χ2v) is 7.14. The van der Waals surface area contributed by atoms with E-state index >= 15 is 0 Å². The SMILES string of the molecule is Cc1cc(C(O)C2CCCN(C)C2)nnc1-c1ccc(C(F)(F)F)cc1O. The fourth-order valence-corrected chi connectivity index (χ4v) is 3.53. The number of benzene rings is 1. The van der Waals surface area contributed by atoms with Crippen molar-refractivity contribution < 1.29 is 23.4 Å². The highest BCUT2D eigenvalue weighted by Gasteiger charge is 2.31. The van der Waals surface area contributed by atoms with E-state index in [0.29, 0.717) is 17.3 Å². The number of phenolic OH excluding ortho intramolecular Hbond substituents is 1. The summed E-state index contributed by atoms with van der Waals surface area (Å²) >= 11 is 0. The van der Waals surface area contributed by atoms with Gasteiger partial charge in [-0.15, -0.1) is 5.10 Å². The second-order valence-electron chi connectivity index (χ2n) is 7.14. The largest absolute Gasteiger partial charge is 0.507 e. The van der Waals surface area contributed by atoms with Gasteiger partial charge < -0.3 is 15.1 Å². The quantitative estimate of drug-likeness (QED) is 0.851. The molecule has 2 atom stereocenters. The van der Waals surface area contributed by atoms with Gasteiger partial charge in [0.15, 0.2) is 0 Å². The van der Waals surface area contributed by atoms with Crippen molar-refractivity contribution in [3.63, 3.8) is 0 Å². The van der Waals surface area contributed by atoms with Crippen LogP contribution in [-0.2, 0) is 6.18 Å². The number of alkyl halides is 3. The topological polar surface area (TPSA) is 69.5 Å². The lowest BCUT2D eigenvalue weighted by Crippen LogP contribution is -2.35. The van der Waals surface area contributed by atoms with E-state index in [2.05, 4.69) is 15.1 Å². The van der Waals surface area contributed by atoms with E-state index < -0.39 is 23.6 Å². The van der Waals surface area contributed by atoms with Gasteiger partial charge in [-0.3, -0.25) is 0 Å². The number of phenols is 1. The summed E-state index contributed by atoms with van der Waals surface area (Å²) in [4.78, 5) is 2.16. The summed E-state index contributed by atoms with van der Waals surface area (Å²) in [6, 6.07) is 4.44. The lowest BCUT2D eigenvalue weighted by molar-refractivity contribution is -0.137. The van der Waals surface area contributed by atoms with Crippen LogP contribution in [0.15, 0.2) is 24.3 Å². The second kappa shape index (κ2) is 7.44. The maximum Gasteiger partial charge on any atom is 0.416 e. The Bertz CT molecular complexity index is 826. The van der Waals surface area contributed by atoms with E-state index in [1.165, 1.54) is 6.07 Å². The monoisotopic (exact) mass is 381 g/mol. The molecule has 8 heteroatoms. The molecule has 1 aromatic carbocycles. The highest BCUT2D eigenvalue weighted by Crippen LogP contribution is 2.37. The molecule has 0 saturated carbocycles. The predicted molar refractivity (Wildman–Crippen MR) is 94.1 cm³/mol. The van der Waals surface area contributed by atoms with Gasteiger partial charge in [-0.05, 0) is 63.2 Å². The zero-order chi connectivity index (χ0) is 19.8.